The summed E-state index contributed by atoms with van der Waals surface area (Å²) in [7, 11) is 1.65. The van der Waals surface area contributed by atoms with Crippen LogP contribution in [0.2, 0.25) is 0 Å². The number of amides is 1. The molecule has 3 N–H and O–H groups in total. The summed E-state index contributed by atoms with van der Waals surface area (Å²) < 4.78 is 7.20. The monoisotopic (exact) mass is 392 g/mol. The van der Waals surface area contributed by atoms with Crippen molar-refractivity contribution in [2.24, 2.45) is 11.1 Å². The number of nitrogens with one attached hydrogen (secondary N) is 1. The predicted octanol–water partition coefficient (Wildman–Crippen LogP) is 3.17. The van der Waals surface area contributed by atoms with Crippen LogP contribution in [0, 0.1) is 5.41 Å². The summed E-state index contributed by atoms with van der Waals surface area (Å²) >= 11 is 0. The summed E-state index contributed by atoms with van der Waals surface area (Å²) in [4.78, 5) is 12.4. The quantitative estimate of drug-likeness (QED) is 0.837. The first-order valence-electron chi connectivity index (χ1n) is 8.92. The van der Waals surface area contributed by atoms with Gasteiger partial charge < -0.3 is 15.8 Å². The number of methoxy groups -OCH3 is 1. The lowest BCUT2D eigenvalue weighted by molar-refractivity contribution is -0.126. The Hall–Kier alpha value is -2.05. The maximum absolute atomic E-state index is 12.4. The molecule has 0 spiro atoms. The zero-order valence-electron chi connectivity index (χ0n) is 16.6. The lowest BCUT2D eigenvalue weighted by Crippen LogP contribution is -2.51. The Labute approximate surface area is 166 Å². The largest absolute Gasteiger partial charge is 0.497 e. The summed E-state index contributed by atoms with van der Waals surface area (Å²) in [5.74, 6) is 0.661. The summed E-state index contributed by atoms with van der Waals surface area (Å²) in [6, 6.07) is 7.74. The fourth-order valence-corrected chi connectivity index (χ4v) is 3.46. The van der Waals surface area contributed by atoms with Crippen LogP contribution < -0.4 is 15.8 Å². The van der Waals surface area contributed by atoms with E-state index in [1.54, 1.807) is 21.0 Å². The van der Waals surface area contributed by atoms with E-state index in [4.69, 9.17) is 10.5 Å². The van der Waals surface area contributed by atoms with Crippen LogP contribution in [0.3, 0.4) is 0 Å². The van der Waals surface area contributed by atoms with Crippen LogP contribution in [0.25, 0.3) is 5.69 Å². The van der Waals surface area contributed by atoms with Crippen molar-refractivity contribution in [2.45, 2.75) is 52.1 Å². The molecule has 1 aliphatic rings. The van der Waals surface area contributed by atoms with Crippen molar-refractivity contribution in [2.75, 3.05) is 7.11 Å². The van der Waals surface area contributed by atoms with E-state index in [1.807, 2.05) is 35.1 Å². The van der Waals surface area contributed by atoms with Crippen LogP contribution in [0.1, 0.15) is 51.4 Å². The van der Waals surface area contributed by atoms with Crippen molar-refractivity contribution >= 4 is 18.3 Å². The third kappa shape index (κ3) is 4.45. The van der Waals surface area contributed by atoms with Crippen molar-refractivity contribution in [3.8, 4) is 11.4 Å². The van der Waals surface area contributed by atoms with Gasteiger partial charge in [-0.1, -0.05) is 13.8 Å². The molecule has 6 nitrogen and oxygen atoms in total. The number of carbonyl (C=O) groups is 1. The predicted molar refractivity (Wildman–Crippen MR) is 109 cm³/mol. The van der Waals surface area contributed by atoms with Gasteiger partial charge in [0.1, 0.15) is 5.75 Å². The fourth-order valence-electron chi connectivity index (χ4n) is 3.46. The number of benzene rings is 1. The van der Waals surface area contributed by atoms with Crippen LogP contribution in [-0.4, -0.2) is 28.3 Å². The highest BCUT2D eigenvalue weighted by Crippen LogP contribution is 2.41. The summed E-state index contributed by atoms with van der Waals surface area (Å²) in [6.07, 6.45) is 3.62. The molecule has 0 radical (unpaired) electrons. The molecule has 1 aliphatic carbocycles. The summed E-state index contributed by atoms with van der Waals surface area (Å²) in [5.41, 5.74) is 8.28. The lowest BCUT2D eigenvalue weighted by atomic mass is 9.74. The van der Waals surface area contributed by atoms with Gasteiger partial charge in [-0.2, -0.15) is 5.10 Å². The molecule has 0 saturated heterocycles. The Kier molecular flexibility index (Phi) is 5.92. The molecule has 1 amide bonds. The van der Waals surface area contributed by atoms with Gasteiger partial charge in [0.2, 0.25) is 5.91 Å². The van der Waals surface area contributed by atoms with E-state index < -0.39 is 5.54 Å². The van der Waals surface area contributed by atoms with E-state index in [2.05, 4.69) is 24.3 Å². The third-order valence-corrected chi connectivity index (χ3v) is 4.89. The van der Waals surface area contributed by atoms with Crippen LogP contribution in [-0.2, 0) is 11.2 Å². The van der Waals surface area contributed by atoms with Gasteiger partial charge in [-0.15, -0.1) is 12.4 Å². The highest BCUT2D eigenvalue weighted by Gasteiger charge is 2.37. The normalized spacial score (nSPS) is 18.2. The van der Waals surface area contributed by atoms with Gasteiger partial charge in [0.05, 0.1) is 36.3 Å². The smallest absolute Gasteiger partial charge is 0.239 e. The minimum atomic E-state index is -0.909. The minimum absolute atomic E-state index is 0. The van der Waals surface area contributed by atoms with E-state index in [1.165, 1.54) is 0 Å². The lowest BCUT2D eigenvalue weighted by Gasteiger charge is -2.37. The maximum Gasteiger partial charge on any atom is 0.239 e. The first-order chi connectivity index (χ1) is 12.1. The average molecular weight is 393 g/mol. The van der Waals surface area contributed by atoms with Gasteiger partial charge in [-0.25, -0.2) is 4.68 Å². The molecule has 2 aromatic rings. The topological polar surface area (TPSA) is 82.2 Å². The van der Waals surface area contributed by atoms with Gasteiger partial charge in [0.25, 0.3) is 0 Å². The van der Waals surface area contributed by atoms with Gasteiger partial charge >= 0.3 is 0 Å². The van der Waals surface area contributed by atoms with E-state index >= 15 is 0 Å². The Morgan fingerprint density at radius 3 is 2.52 bits per heavy atom. The second-order valence-corrected chi connectivity index (χ2v) is 8.45. The molecule has 1 aromatic heterocycles. The number of hydrogen-bond acceptors (Lipinski definition) is 4. The van der Waals surface area contributed by atoms with Gasteiger partial charge in [-0.05, 0) is 56.4 Å². The standard InChI is InChI=1S/C20H28N4O2.ClH/c1-19(2)10-16(23-18(25)20(3,4)21)15-12-22-24(17(15)11-19)13-6-8-14(26-5)9-7-13;/h6-9,12,16H,10-11,21H2,1-5H3,(H,23,25);1H. The molecule has 1 unspecified atom stereocenters. The number of hydrogen-bond donors (Lipinski definition) is 2. The Bertz CT molecular complexity index is 806. The number of fused-ring (bicyclic) bond motifs is 1. The minimum Gasteiger partial charge on any atom is -0.497 e. The van der Waals surface area contributed by atoms with Crippen molar-refractivity contribution in [3.05, 3.63) is 41.7 Å². The summed E-state index contributed by atoms with van der Waals surface area (Å²) in [5, 5.41) is 7.72. The number of rotatable bonds is 4. The average Bonchev–Trinajstić information content (AvgIpc) is 2.96. The Morgan fingerprint density at radius 1 is 1.33 bits per heavy atom. The number of ether oxygens (including phenoxy) is 1. The molecule has 1 aromatic carbocycles. The van der Waals surface area contributed by atoms with Crippen LogP contribution in [0.5, 0.6) is 5.75 Å². The molecular formula is C20H29ClN4O2. The maximum atomic E-state index is 12.4. The molecule has 1 atom stereocenters. The second kappa shape index (κ2) is 7.52. The van der Waals surface area contributed by atoms with Crippen molar-refractivity contribution in [3.63, 3.8) is 0 Å². The third-order valence-electron chi connectivity index (χ3n) is 4.89. The SMILES string of the molecule is COc1ccc(-n2ncc3c2CC(C)(C)CC3NC(=O)C(C)(C)N)cc1.Cl. The zero-order chi connectivity index (χ0) is 19.1. The molecule has 0 fully saturated rings. The molecule has 0 saturated carbocycles. The zero-order valence-corrected chi connectivity index (χ0v) is 17.4. The van der Waals surface area contributed by atoms with Crippen LogP contribution in [0.4, 0.5) is 0 Å². The number of carbonyl (C=O) groups excluding carboxylic acids is 1. The highest BCUT2D eigenvalue weighted by molar-refractivity contribution is 5.85. The van der Waals surface area contributed by atoms with Gasteiger partial charge in [0.15, 0.2) is 0 Å². The molecule has 3 rings (SSSR count). The van der Waals surface area contributed by atoms with Crippen molar-refractivity contribution in [1.82, 2.24) is 15.1 Å². The number of nitrogens with zero attached hydrogens (tertiary/aromatic N) is 2. The van der Waals surface area contributed by atoms with Crippen molar-refractivity contribution in [1.29, 1.82) is 0 Å². The molecule has 0 aliphatic heterocycles. The van der Waals surface area contributed by atoms with E-state index in [9.17, 15) is 4.79 Å². The highest BCUT2D eigenvalue weighted by atomic mass is 35.5. The number of halogens is 1. The second-order valence-electron chi connectivity index (χ2n) is 8.45. The van der Waals surface area contributed by atoms with Gasteiger partial charge in [-0.3, -0.25) is 4.79 Å². The fraction of sp³-hybridized carbons (Fsp3) is 0.500. The Morgan fingerprint density at radius 2 is 1.96 bits per heavy atom. The molecule has 0 bridgehead atoms. The first-order valence-corrected chi connectivity index (χ1v) is 8.92. The Balaban J connectivity index is 0.00000261. The molecule has 148 valence electrons. The molecular weight excluding hydrogens is 364 g/mol. The number of aromatic nitrogens is 2. The summed E-state index contributed by atoms with van der Waals surface area (Å²) in [6.45, 7) is 7.87. The van der Waals surface area contributed by atoms with E-state index in [-0.39, 0.29) is 29.8 Å². The molecule has 7 heteroatoms. The molecule has 27 heavy (non-hydrogen) atoms. The van der Waals surface area contributed by atoms with E-state index in [0.29, 0.717) is 0 Å². The molecule has 1 heterocycles. The van der Waals surface area contributed by atoms with E-state index in [0.717, 1.165) is 35.5 Å². The number of nitrogens with two attached hydrogens (primary N) is 1. The van der Waals surface area contributed by atoms with Crippen molar-refractivity contribution < 1.29 is 9.53 Å². The first kappa shape index (κ1) is 21.3. The van der Waals surface area contributed by atoms with Crippen LogP contribution >= 0.6 is 12.4 Å². The van der Waals surface area contributed by atoms with Crippen LogP contribution in [0.15, 0.2) is 30.5 Å². The van der Waals surface area contributed by atoms with Gasteiger partial charge in [0, 0.05) is 5.56 Å².